The number of benzene rings is 4. The molecule has 2 fully saturated rings. The highest BCUT2D eigenvalue weighted by Gasteiger charge is 2.34. The molecule has 6 heterocycles. The summed E-state index contributed by atoms with van der Waals surface area (Å²) in [6.07, 6.45) is 1.45. The van der Waals surface area contributed by atoms with Crippen molar-refractivity contribution >= 4 is 39.6 Å². The highest BCUT2D eigenvalue weighted by Crippen LogP contribution is 2.49. The van der Waals surface area contributed by atoms with Gasteiger partial charge >= 0.3 is 0 Å². The number of aromatic hydroxyl groups is 1. The molecule has 4 aliphatic heterocycles. The smallest absolute Gasteiger partial charge is 0.162 e. The molecule has 9 nitrogen and oxygen atoms in total. The van der Waals surface area contributed by atoms with Crippen LogP contribution in [0, 0.1) is 44.1 Å². The van der Waals surface area contributed by atoms with E-state index in [1.807, 2.05) is 31.2 Å². The van der Waals surface area contributed by atoms with Crippen molar-refractivity contribution in [3.05, 3.63) is 146 Å². The highest BCUT2D eigenvalue weighted by molar-refractivity contribution is 7.15. The molecule has 324 valence electrons. The van der Waals surface area contributed by atoms with E-state index in [1.165, 1.54) is 33.8 Å². The second-order valence-electron chi connectivity index (χ2n) is 17.4. The summed E-state index contributed by atoms with van der Waals surface area (Å²) in [5.74, 6) is -0.0998. The average molecular weight is 870 g/mol. The number of rotatable bonds is 7. The molecule has 0 amide bonds. The van der Waals surface area contributed by atoms with Gasteiger partial charge in [-0.15, -0.1) is 21.5 Å². The first-order valence-corrected chi connectivity index (χ1v) is 22.6. The number of halogens is 3. The number of fused-ring (bicyclic) bond motifs is 4. The number of hydrogen-bond donors (Lipinski definition) is 1. The van der Waals surface area contributed by atoms with Crippen LogP contribution in [0.4, 0.5) is 24.5 Å². The number of aromatic nitrogens is 3. The molecule has 0 bridgehead atoms. The van der Waals surface area contributed by atoms with Gasteiger partial charge in [0.05, 0.1) is 11.3 Å². The summed E-state index contributed by atoms with van der Waals surface area (Å²) < 4.78 is 53.2. The summed E-state index contributed by atoms with van der Waals surface area (Å²) >= 11 is 1.79. The highest BCUT2D eigenvalue weighted by atomic mass is 32.1. The second-order valence-corrected chi connectivity index (χ2v) is 18.6. The maximum absolute atomic E-state index is 15.3. The molecule has 4 aliphatic rings. The van der Waals surface area contributed by atoms with Gasteiger partial charge in [-0.1, -0.05) is 24.3 Å². The van der Waals surface area contributed by atoms with Crippen molar-refractivity contribution in [2.24, 2.45) is 10.9 Å². The van der Waals surface area contributed by atoms with Crippen LogP contribution < -0.4 is 14.5 Å². The average Bonchev–Trinajstić information content (AvgIpc) is 3.77. The Morgan fingerprint density at radius 1 is 0.762 bits per heavy atom. The SMILES string of the molecule is CC1=C(c2c(F)cc(F)cc2F)[C@H](c2ccc(N3CCN(CC4CCN(c5ccc(C6=N[C@H](C)c7nnc(C)n7-c7sc(C)c(C)c76)cc5)CC4)CC3)cc2)Oc2ccc(O)cc21. The minimum atomic E-state index is -1.01. The van der Waals surface area contributed by atoms with Gasteiger partial charge in [0.25, 0.3) is 0 Å². The summed E-state index contributed by atoms with van der Waals surface area (Å²) in [5, 5.41) is 20.2. The molecule has 4 aromatic carbocycles. The van der Waals surface area contributed by atoms with Gasteiger partial charge in [-0.2, -0.15) is 0 Å². The van der Waals surface area contributed by atoms with E-state index < -0.39 is 23.6 Å². The molecule has 0 saturated carbocycles. The maximum Gasteiger partial charge on any atom is 0.162 e. The van der Waals surface area contributed by atoms with Crippen LogP contribution in [0.1, 0.15) is 88.7 Å². The number of aryl methyl sites for hydroxylation is 2. The number of nitrogens with zero attached hydrogens (tertiary/aromatic N) is 7. The Kier molecular flexibility index (Phi) is 10.7. The lowest BCUT2D eigenvalue weighted by molar-refractivity contribution is 0.201. The molecule has 1 N–H and O–H groups in total. The summed E-state index contributed by atoms with van der Waals surface area (Å²) in [4.78, 5) is 14.0. The van der Waals surface area contributed by atoms with Crippen molar-refractivity contribution in [3.63, 3.8) is 0 Å². The third kappa shape index (κ3) is 7.48. The van der Waals surface area contributed by atoms with E-state index in [2.05, 4.69) is 74.5 Å². The van der Waals surface area contributed by atoms with Crippen LogP contribution in [-0.2, 0) is 0 Å². The maximum atomic E-state index is 15.3. The third-order valence-electron chi connectivity index (χ3n) is 13.5. The van der Waals surface area contributed by atoms with Crippen molar-refractivity contribution in [3.8, 4) is 16.5 Å². The summed E-state index contributed by atoms with van der Waals surface area (Å²) in [6.45, 7) is 17.1. The van der Waals surface area contributed by atoms with Gasteiger partial charge in [-0.05, 0) is 113 Å². The molecule has 2 atom stereocenters. The molecule has 0 unspecified atom stereocenters. The van der Waals surface area contributed by atoms with E-state index in [4.69, 9.17) is 9.73 Å². The lowest BCUT2D eigenvalue weighted by Crippen LogP contribution is -2.49. The molecule has 0 aliphatic carbocycles. The minimum absolute atomic E-state index is 0.00480. The first kappa shape index (κ1) is 41.1. The zero-order chi connectivity index (χ0) is 43.7. The molecule has 10 rings (SSSR count). The van der Waals surface area contributed by atoms with Gasteiger partial charge < -0.3 is 19.6 Å². The van der Waals surface area contributed by atoms with Gasteiger partial charge in [0.15, 0.2) is 5.82 Å². The first-order chi connectivity index (χ1) is 30.4. The van der Waals surface area contributed by atoms with Crippen LogP contribution in [0.5, 0.6) is 11.5 Å². The standard InChI is InChI=1S/C50H50F3N7O2S/c1-28-31(4)63-50-45(28)47(54-30(3)49-56-55-32(5)60(49)50)34-6-10-37(11-7-34)58-18-16-33(17-19-58)27-57-20-22-59(23-21-57)38-12-8-35(9-13-38)48-44(46-41(52)24-36(51)25-42(46)53)29(2)40-26-39(61)14-15-43(40)62-48/h6-15,24-26,30,33,48,61H,16-23,27H2,1-5H3/t30-,48+/m1/s1. The van der Waals surface area contributed by atoms with Crippen molar-refractivity contribution in [2.75, 3.05) is 55.6 Å². The number of allylic oxidation sites excluding steroid dienone is 1. The van der Waals surface area contributed by atoms with Gasteiger partial charge in [-0.25, -0.2) is 13.2 Å². The fourth-order valence-corrected chi connectivity index (χ4v) is 11.1. The van der Waals surface area contributed by atoms with E-state index in [9.17, 15) is 9.50 Å². The molecule has 0 spiro atoms. The Morgan fingerprint density at radius 2 is 1.41 bits per heavy atom. The van der Waals surface area contributed by atoms with Crippen molar-refractivity contribution < 1.29 is 23.0 Å². The van der Waals surface area contributed by atoms with E-state index in [0.717, 1.165) is 92.3 Å². The predicted molar refractivity (Wildman–Crippen MR) is 244 cm³/mol. The van der Waals surface area contributed by atoms with Crippen LogP contribution in [0.3, 0.4) is 0 Å². The Morgan fingerprint density at radius 3 is 2.10 bits per heavy atom. The molecule has 2 aromatic heterocycles. The molecule has 0 radical (unpaired) electrons. The normalized spacial score (nSPS) is 19.3. The topological polar surface area (TPSA) is 82.2 Å². The second kappa shape index (κ2) is 16.3. The summed E-state index contributed by atoms with van der Waals surface area (Å²) in [6, 6.07) is 22.9. The third-order valence-corrected chi connectivity index (χ3v) is 14.7. The molecule has 63 heavy (non-hydrogen) atoms. The number of piperazine rings is 1. The molecule has 6 aromatic rings. The van der Waals surface area contributed by atoms with Gasteiger partial charge in [0.2, 0.25) is 0 Å². The van der Waals surface area contributed by atoms with Crippen LogP contribution in [0.25, 0.3) is 16.1 Å². The Hall–Kier alpha value is -5.92. The van der Waals surface area contributed by atoms with E-state index in [1.54, 1.807) is 24.3 Å². The predicted octanol–water partition coefficient (Wildman–Crippen LogP) is 10.4. The minimum Gasteiger partial charge on any atom is -0.508 e. The molecular weight excluding hydrogens is 820 g/mol. The quantitative estimate of drug-likeness (QED) is 0.171. The van der Waals surface area contributed by atoms with Gasteiger partial charge in [0, 0.05) is 96.5 Å². The Bertz CT molecular complexity index is 2760. The molecule has 2 saturated heterocycles. The first-order valence-electron chi connectivity index (χ1n) is 21.8. The van der Waals surface area contributed by atoms with Crippen LogP contribution in [0.2, 0.25) is 0 Å². The zero-order valence-corrected chi connectivity index (χ0v) is 36.9. The largest absolute Gasteiger partial charge is 0.508 e. The van der Waals surface area contributed by atoms with Gasteiger partial charge in [0.1, 0.15) is 51.9 Å². The van der Waals surface area contributed by atoms with E-state index in [-0.39, 0.29) is 22.9 Å². The number of phenolic OH excluding ortho intramolecular Hbond substituents is 1. The van der Waals surface area contributed by atoms with Crippen molar-refractivity contribution in [1.82, 2.24) is 19.7 Å². The summed E-state index contributed by atoms with van der Waals surface area (Å²) in [5.41, 5.74) is 8.61. The fourth-order valence-electron chi connectivity index (χ4n) is 9.89. The molecule has 13 heteroatoms. The van der Waals surface area contributed by atoms with E-state index >= 15 is 8.78 Å². The number of hydrogen-bond acceptors (Lipinski definition) is 9. The zero-order valence-electron chi connectivity index (χ0n) is 36.1. The van der Waals surface area contributed by atoms with Gasteiger partial charge in [-0.3, -0.25) is 14.5 Å². The van der Waals surface area contributed by atoms with Crippen LogP contribution in [-0.4, -0.2) is 76.3 Å². The summed E-state index contributed by atoms with van der Waals surface area (Å²) in [7, 11) is 0. The lowest BCUT2D eigenvalue weighted by atomic mass is 9.85. The number of piperidine rings is 1. The lowest BCUT2D eigenvalue weighted by Gasteiger charge is -2.40. The number of thiophene rings is 1. The number of anilines is 2. The molecular formula is C50H50F3N7O2S. The van der Waals surface area contributed by atoms with Crippen LogP contribution >= 0.6 is 11.3 Å². The Balaban J connectivity index is 0.759. The van der Waals surface area contributed by atoms with Crippen molar-refractivity contribution in [2.45, 2.75) is 59.6 Å². The van der Waals surface area contributed by atoms with Crippen LogP contribution in [0.15, 0.2) is 83.9 Å². The van der Waals surface area contributed by atoms with E-state index in [0.29, 0.717) is 40.5 Å². The van der Waals surface area contributed by atoms with Crippen molar-refractivity contribution in [1.29, 1.82) is 0 Å². The Labute approximate surface area is 369 Å². The number of phenols is 1. The number of ether oxygens (including phenoxy) is 1. The monoisotopic (exact) mass is 869 g/mol. The number of aliphatic imine (C=N–C) groups is 1. The fraction of sp³-hybridized carbons (Fsp3) is 0.340.